The SMILES string of the molecule is N/C(=N\c1sc(-c2ccc(Cl)cc2)nc1-c1cccs1)c1ccc(F)cc1. The van der Waals surface area contributed by atoms with Gasteiger partial charge in [0.1, 0.15) is 27.4 Å². The molecule has 3 nitrogen and oxygen atoms in total. The van der Waals surface area contributed by atoms with Crippen molar-refractivity contribution in [3.63, 3.8) is 0 Å². The number of hydrogen-bond acceptors (Lipinski definition) is 4. The highest BCUT2D eigenvalue weighted by molar-refractivity contribution is 7.20. The summed E-state index contributed by atoms with van der Waals surface area (Å²) < 4.78 is 13.1. The van der Waals surface area contributed by atoms with Gasteiger partial charge in [-0.3, -0.25) is 0 Å². The van der Waals surface area contributed by atoms with Crippen molar-refractivity contribution in [1.82, 2.24) is 4.98 Å². The zero-order chi connectivity index (χ0) is 18.8. The molecule has 4 rings (SSSR count). The van der Waals surface area contributed by atoms with Crippen molar-refractivity contribution >= 4 is 45.1 Å². The maximum Gasteiger partial charge on any atom is 0.147 e. The lowest BCUT2D eigenvalue weighted by Crippen LogP contribution is -2.12. The molecule has 0 spiro atoms. The van der Waals surface area contributed by atoms with E-state index in [0.29, 0.717) is 21.4 Å². The number of halogens is 2. The highest BCUT2D eigenvalue weighted by atomic mass is 35.5. The molecule has 134 valence electrons. The molecule has 0 aliphatic rings. The van der Waals surface area contributed by atoms with Crippen LogP contribution in [-0.2, 0) is 0 Å². The summed E-state index contributed by atoms with van der Waals surface area (Å²) in [5.74, 6) is 0.00718. The highest BCUT2D eigenvalue weighted by Gasteiger charge is 2.16. The Morgan fingerprint density at radius 1 is 1.04 bits per heavy atom. The summed E-state index contributed by atoms with van der Waals surface area (Å²) in [5, 5.41) is 4.21. The van der Waals surface area contributed by atoms with Crippen molar-refractivity contribution in [2.45, 2.75) is 0 Å². The molecule has 27 heavy (non-hydrogen) atoms. The van der Waals surface area contributed by atoms with Crippen molar-refractivity contribution < 1.29 is 4.39 Å². The second kappa shape index (κ2) is 7.60. The Balaban J connectivity index is 1.79. The van der Waals surface area contributed by atoms with Crippen LogP contribution in [-0.4, -0.2) is 10.8 Å². The van der Waals surface area contributed by atoms with E-state index in [1.165, 1.54) is 23.5 Å². The lowest BCUT2D eigenvalue weighted by atomic mass is 10.2. The summed E-state index contributed by atoms with van der Waals surface area (Å²) in [4.78, 5) is 10.4. The number of nitrogens with zero attached hydrogens (tertiary/aromatic N) is 2. The summed E-state index contributed by atoms with van der Waals surface area (Å²) in [6.45, 7) is 0. The Labute approximate surface area is 168 Å². The van der Waals surface area contributed by atoms with Crippen molar-refractivity contribution in [2.24, 2.45) is 10.7 Å². The minimum atomic E-state index is -0.311. The molecule has 4 aromatic rings. The van der Waals surface area contributed by atoms with Gasteiger partial charge in [-0.15, -0.1) is 11.3 Å². The summed E-state index contributed by atoms with van der Waals surface area (Å²) in [5.41, 5.74) is 8.57. The topological polar surface area (TPSA) is 51.3 Å². The molecule has 0 aliphatic heterocycles. The zero-order valence-corrected chi connectivity index (χ0v) is 16.3. The van der Waals surface area contributed by atoms with Gasteiger partial charge in [-0.1, -0.05) is 41.1 Å². The van der Waals surface area contributed by atoms with E-state index in [2.05, 4.69) is 4.99 Å². The number of nitrogens with two attached hydrogens (primary N) is 1. The van der Waals surface area contributed by atoms with E-state index in [-0.39, 0.29) is 5.82 Å². The second-order valence-electron chi connectivity index (χ2n) is 5.66. The molecule has 0 fully saturated rings. The van der Waals surface area contributed by atoms with E-state index in [0.717, 1.165) is 21.1 Å². The van der Waals surface area contributed by atoms with Gasteiger partial charge < -0.3 is 5.73 Å². The van der Waals surface area contributed by atoms with Crippen molar-refractivity contribution in [3.05, 3.63) is 82.4 Å². The maximum absolute atomic E-state index is 13.1. The maximum atomic E-state index is 13.1. The first-order valence-corrected chi connectivity index (χ1v) is 10.1. The van der Waals surface area contributed by atoms with Gasteiger partial charge in [0.2, 0.25) is 0 Å². The van der Waals surface area contributed by atoms with Gasteiger partial charge in [0, 0.05) is 16.1 Å². The molecule has 0 bridgehead atoms. The molecular formula is C20H13ClFN3S2. The molecule has 0 unspecified atom stereocenters. The molecule has 7 heteroatoms. The number of rotatable bonds is 4. The number of benzene rings is 2. The van der Waals surface area contributed by atoms with Crippen molar-refractivity contribution in [1.29, 1.82) is 0 Å². The van der Waals surface area contributed by atoms with Crippen LogP contribution in [0, 0.1) is 5.82 Å². The quantitative estimate of drug-likeness (QED) is 0.312. The average molecular weight is 414 g/mol. The molecule has 2 aromatic carbocycles. The van der Waals surface area contributed by atoms with E-state index in [9.17, 15) is 4.39 Å². The average Bonchev–Trinajstić information content (AvgIpc) is 3.32. The van der Waals surface area contributed by atoms with Gasteiger partial charge >= 0.3 is 0 Å². The van der Waals surface area contributed by atoms with Crippen molar-refractivity contribution in [2.75, 3.05) is 0 Å². The van der Waals surface area contributed by atoms with Crippen LogP contribution < -0.4 is 5.73 Å². The van der Waals surface area contributed by atoms with E-state index < -0.39 is 0 Å². The number of thiophene rings is 1. The Morgan fingerprint density at radius 3 is 2.44 bits per heavy atom. The van der Waals surface area contributed by atoms with Crippen LogP contribution in [0.5, 0.6) is 0 Å². The summed E-state index contributed by atoms with van der Waals surface area (Å²) in [6, 6.07) is 17.4. The highest BCUT2D eigenvalue weighted by Crippen LogP contribution is 2.41. The molecule has 0 aliphatic carbocycles. The normalized spacial score (nSPS) is 11.7. The fraction of sp³-hybridized carbons (Fsp3) is 0. The van der Waals surface area contributed by atoms with Gasteiger partial charge in [0.25, 0.3) is 0 Å². The Hall–Kier alpha value is -2.54. The molecular weight excluding hydrogens is 401 g/mol. The van der Waals surface area contributed by atoms with E-state index in [1.807, 2.05) is 41.8 Å². The minimum Gasteiger partial charge on any atom is -0.383 e. The lowest BCUT2D eigenvalue weighted by Gasteiger charge is -2.00. The first kappa shape index (κ1) is 17.9. The molecule has 0 saturated heterocycles. The zero-order valence-electron chi connectivity index (χ0n) is 13.9. The summed E-state index contributed by atoms with van der Waals surface area (Å²) in [6.07, 6.45) is 0. The Morgan fingerprint density at radius 2 is 1.78 bits per heavy atom. The third kappa shape index (κ3) is 3.93. The minimum absolute atomic E-state index is 0.311. The van der Waals surface area contributed by atoms with E-state index >= 15 is 0 Å². The smallest absolute Gasteiger partial charge is 0.147 e. The predicted molar refractivity (Wildman–Crippen MR) is 113 cm³/mol. The Kier molecular flexibility index (Phi) is 5.03. The third-order valence-corrected chi connectivity index (χ3v) is 5.94. The second-order valence-corrected chi connectivity index (χ2v) is 8.02. The van der Waals surface area contributed by atoms with Crippen LogP contribution >= 0.6 is 34.3 Å². The van der Waals surface area contributed by atoms with E-state index in [1.54, 1.807) is 23.5 Å². The number of aromatic nitrogens is 1. The van der Waals surface area contributed by atoms with Crippen LogP contribution in [0.25, 0.3) is 21.1 Å². The predicted octanol–water partition coefficient (Wildman–Crippen LogP) is 6.37. The number of hydrogen-bond donors (Lipinski definition) is 1. The number of amidine groups is 1. The van der Waals surface area contributed by atoms with Gasteiger partial charge in [-0.2, -0.15) is 0 Å². The van der Waals surface area contributed by atoms with Crippen LogP contribution in [0.15, 0.2) is 71.0 Å². The molecule has 0 radical (unpaired) electrons. The number of thiazole rings is 1. The third-order valence-electron chi connectivity index (χ3n) is 3.82. The molecule has 2 aromatic heterocycles. The van der Waals surface area contributed by atoms with Crippen LogP contribution in [0.2, 0.25) is 5.02 Å². The fourth-order valence-electron chi connectivity index (χ4n) is 2.47. The standard InChI is InChI=1S/C20H13ClFN3S2/c21-14-7-3-13(4-8-14)19-24-17(16-2-1-11-26-16)20(27-19)25-18(23)12-5-9-15(22)10-6-12/h1-11H,(H2,23,25). The molecule has 2 heterocycles. The van der Waals surface area contributed by atoms with Crippen LogP contribution in [0.4, 0.5) is 9.39 Å². The summed E-state index contributed by atoms with van der Waals surface area (Å²) >= 11 is 9.03. The van der Waals surface area contributed by atoms with Gasteiger partial charge in [-0.05, 0) is 47.8 Å². The van der Waals surface area contributed by atoms with Gasteiger partial charge in [0.05, 0.1) is 4.88 Å². The van der Waals surface area contributed by atoms with Gasteiger partial charge in [-0.25, -0.2) is 14.4 Å². The molecule has 0 atom stereocenters. The first-order chi connectivity index (χ1) is 13.1. The van der Waals surface area contributed by atoms with Crippen LogP contribution in [0.1, 0.15) is 5.56 Å². The largest absolute Gasteiger partial charge is 0.383 e. The van der Waals surface area contributed by atoms with E-state index in [4.69, 9.17) is 22.3 Å². The summed E-state index contributed by atoms with van der Waals surface area (Å²) in [7, 11) is 0. The number of aliphatic imine (C=N–C) groups is 1. The monoisotopic (exact) mass is 413 g/mol. The molecule has 2 N–H and O–H groups in total. The van der Waals surface area contributed by atoms with Crippen molar-refractivity contribution in [3.8, 4) is 21.1 Å². The van der Waals surface area contributed by atoms with Crippen LogP contribution in [0.3, 0.4) is 0 Å². The fourth-order valence-corrected chi connectivity index (χ4v) is 4.35. The molecule has 0 amide bonds. The Bertz CT molecular complexity index is 1090. The van der Waals surface area contributed by atoms with Gasteiger partial charge in [0.15, 0.2) is 0 Å². The lowest BCUT2D eigenvalue weighted by molar-refractivity contribution is 0.628. The molecule has 0 saturated carbocycles. The first-order valence-electron chi connectivity index (χ1n) is 8.01.